The Morgan fingerprint density at radius 1 is 1.70 bits per heavy atom. The van der Waals surface area contributed by atoms with Crippen LogP contribution in [-0.4, -0.2) is 24.8 Å². The first-order valence-electron chi connectivity index (χ1n) is 3.40. The molecule has 0 amide bonds. The Labute approximate surface area is 60.3 Å². The Morgan fingerprint density at radius 2 is 2.40 bits per heavy atom. The van der Waals surface area contributed by atoms with Crippen molar-refractivity contribution in [2.24, 2.45) is 0 Å². The highest BCUT2D eigenvalue weighted by atomic mass is 16.6. The van der Waals surface area contributed by atoms with Gasteiger partial charge in [0, 0.05) is 13.3 Å². The molecule has 1 rings (SSSR count). The van der Waals surface area contributed by atoms with E-state index in [-0.39, 0.29) is 11.6 Å². The summed E-state index contributed by atoms with van der Waals surface area (Å²) in [5.74, 6) is -0.229. The third kappa shape index (κ3) is 1.70. The lowest BCUT2D eigenvalue weighted by molar-refractivity contribution is -0.155. The monoisotopic (exact) mass is 144 g/mol. The van der Waals surface area contributed by atoms with Crippen LogP contribution in [0.1, 0.15) is 20.3 Å². The molecule has 0 aromatic carbocycles. The summed E-state index contributed by atoms with van der Waals surface area (Å²) >= 11 is 0. The lowest BCUT2D eigenvalue weighted by atomic mass is 10.1. The molecule has 0 aromatic heterocycles. The van der Waals surface area contributed by atoms with Crippen molar-refractivity contribution in [3.05, 3.63) is 0 Å². The van der Waals surface area contributed by atoms with Gasteiger partial charge in [0.1, 0.15) is 5.60 Å². The normalized spacial score (nSPS) is 32.2. The Morgan fingerprint density at radius 3 is 2.80 bits per heavy atom. The number of carbonyl (C=O) groups excluding carboxylic acids is 1. The van der Waals surface area contributed by atoms with Gasteiger partial charge in [-0.15, -0.1) is 0 Å². The molecule has 3 heteroatoms. The van der Waals surface area contributed by atoms with Gasteiger partial charge in [-0.2, -0.15) is 0 Å². The van der Waals surface area contributed by atoms with Gasteiger partial charge in [0.25, 0.3) is 0 Å². The first-order valence-corrected chi connectivity index (χ1v) is 3.40. The molecule has 0 N–H and O–H groups in total. The van der Waals surface area contributed by atoms with Gasteiger partial charge in [0.05, 0.1) is 13.2 Å². The minimum Gasteiger partial charge on any atom is -0.457 e. The van der Waals surface area contributed by atoms with Crippen LogP contribution in [0.2, 0.25) is 0 Å². The van der Waals surface area contributed by atoms with Crippen LogP contribution in [0.3, 0.4) is 0 Å². The predicted molar refractivity (Wildman–Crippen MR) is 35.6 cm³/mol. The van der Waals surface area contributed by atoms with Crippen LogP contribution in [0.25, 0.3) is 0 Å². The molecular weight excluding hydrogens is 132 g/mol. The third-order valence-electron chi connectivity index (χ3n) is 1.57. The molecule has 1 fully saturated rings. The van der Waals surface area contributed by atoms with Gasteiger partial charge in [-0.1, -0.05) is 0 Å². The van der Waals surface area contributed by atoms with Crippen LogP contribution in [0.4, 0.5) is 0 Å². The summed E-state index contributed by atoms with van der Waals surface area (Å²) in [5, 5.41) is 0. The SMILES string of the molecule is CC(=O)OC1(C)CCOC1. The molecule has 3 nitrogen and oxygen atoms in total. The molecule has 0 spiro atoms. The van der Waals surface area contributed by atoms with Gasteiger partial charge >= 0.3 is 5.97 Å². The fourth-order valence-electron chi connectivity index (χ4n) is 1.08. The van der Waals surface area contributed by atoms with Gasteiger partial charge in [0.15, 0.2) is 0 Å². The fourth-order valence-corrected chi connectivity index (χ4v) is 1.08. The third-order valence-corrected chi connectivity index (χ3v) is 1.57. The van der Waals surface area contributed by atoms with Crippen LogP contribution >= 0.6 is 0 Å². The first kappa shape index (κ1) is 7.54. The van der Waals surface area contributed by atoms with E-state index in [1.54, 1.807) is 0 Å². The van der Waals surface area contributed by atoms with E-state index >= 15 is 0 Å². The maximum Gasteiger partial charge on any atom is 0.303 e. The summed E-state index contributed by atoms with van der Waals surface area (Å²) < 4.78 is 10.1. The Kier molecular flexibility index (Phi) is 1.94. The second kappa shape index (κ2) is 2.58. The zero-order valence-corrected chi connectivity index (χ0v) is 6.35. The summed E-state index contributed by atoms with van der Waals surface area (Å²) in [6, 6.07) is 0. The summed E-state index contributed by atoms with van der Waals surface area (Å²) in [6.45, 7) is 4.54. The molecule has 1 aliphatic rings. The number of esters is 1. The van der Waals surface area contributed by atoms with Gasteiger partial charge in [0.2, 0.25) is 0 Å². The van der Waals surface area contributed by atoms with Crippen molar-refractivity contribution in [3.63, 3.8) is 0 Å². The largest absolute Gasteiger partial charge is 0.457 e. The summed E-state index contributed by atoms with van der Waals surface area (Å²) in [7, 11) is 0. The quantitative estimate of drug-likeness (QED) is 0.509. The minimum absolute atomic E-state index is 0.229. The van der Waals surface area contributed by atoms with Crippen molar-refractivity contribution < 1.29 is 14.3 Å². The number of hydrogen-bond acceptors (Lipinski definition) is 3. The lowest BCUT2D eigenvalue weighted by Gasteiger charge is -2.20. The minimum atomic E-state index is -0.355. The van der Waals surface area contributed by atoms with Crippen molar-refractivity contribution in [2.45, 2.75) is 25.9 Å². The maximum absolute atomic E-state index is 10.5. The highest BCUT2D eigenvalue weighted by molar-refractivity contribution is 5.66. The van der Waals surface area contributed by atoms with Crippen LogP contribution in [0, 0.1) is 0 Å². The van der Waals surface area contributed by atoms with Crippen molar-refractivity contribution in [1.29, 1.82) is 0 Å². The smallest absolute Gasteiger partial charge is 0.303 e. The molecule has 10 heavy (non-hydrogen) atoms. The van der Waals surface area contributed by atoms with Crippen molar-refractivity contribution >= 4 is 5.97 Å². The topological polar surface area (TPSA) is 35.5 Å². The van der Waals surface area contributed by atoms with Crippen molar-refractivity contribution in [3.8, 4) is 0 Å². The number of hydrogen-bond donors (Lipinski definition) is 0. The number of carbonyl (C=O) groups is 1. The molecule has 0 saturated carbocycles. The standard InChI is InChI=1S/C7H12O3/c1-6(8)10-7(2)3-4-9-5-7/h3-5H2,1-2H3. The van der Waals surface area contributed by atoms with E-state index in [1.807, 2.05) is 6.92 Å². The Bertz CT molecular complexity index is 136. The van der Waals surface area contributed by atoms with E-state index in [0.717, 1.165) is 6.42 Å². The molecule has 1 aliphatic heterocycles. The Balaban J connectivity index is 2.43. The number of rotatable bonds is 1. The lowest BCUT2D eigenvalue weighted by Crippen LogP contribution is -2.30. The molecule has 0 bridgehead atoms. The maximum atomic E-state index is 10.5. The zero-order valence-electron chi connectivity index (χ0n) is 6.35. The summed E-state index contributed by atoms with van der Waals surface area (Å²) in [4.78, 5) is 10.5. The summed E-state index contributed by atoms with van der Waals surface area (Å²) in [6.07, 6.45) is 0.812. The van der Waals surface area contributed by atoms with E-state index in [2.05, 4.69) is 0 Å². The van der Waals surface area contributed by atoms with E-state index in [1.165, 1.54) is 6.92 Å². The second-order valence-electron chi connectivity index (χ2n) is 2.85. The summed E-state index contributed by atoms with van der Waals surface area (Å²) in [5.41, 5.74) is -0.355. The highest BCUT2D eigenvalue weighted by Gasteiger charge is 2.32. The van der Waals surface area contributed by atoms with Gasteiger partial charge in [-0.25, -0.2) is 0 Å². The second-order valence-corrected chi connectivity index (χ2v) is 2.85. The molecule has 0 radical (unpaired) electrons. The van der Waals surface area contributed by atoms with Crippen molar-refractivity contribution in [2.75, 3.05) is 13.2 Å². The highest BCUT2D eigenvalue weighted by Crippen LogP contribution is 2.21. The fraction of sp³-hybridized carbons (Fsp3) is 0.857. The van der Waals surface area contributed by atoms with Gasteiger partial charge < -0.3 is 9.47 Å². The molecule has 0 aromatic rings. The molecule has 1 unspecified atom stereocenters. The van der Waals surface area contributed by atoms with E-state index in [4.69, 9.17) is 9.47 Å². The van der Waals surface area contributed by atoms with Crippen LogP contribution in [0.5, 0.6) is 0 Å². The molecule has 0 aliphatic carbocycles. The molecule has 58 valence electrons. The molecule has 1 atom stereocenters. The van der Waals surface area contributed by atoms with Gasteiger partial charge in [-0.3, -0.25) is 4.79 Å². The molecule has 1 heterocycles. The zero-order chi connectivity index (χ0) is 7.61. The van der Waals surface area contributed by atoms with E-state index < -0.39 is 0 Å². The molecule has 1 saturated heterocycles. The van der Waals surface area contributed by atoms with Crippen LogP contribution in [0.15, 0.2) is 0 Å². The molecular formula is C7H12O3. The van der Waals surface area contributed by atoms with E-state index in [9.17, 15) is 4.79 Å². The average molecular weight is 144 g/mol. The Hall–Kier alpha value is -0.570. The first-order chi connectivity index (χ1) is 4.62. The van der Waals surface area contributed by atoms with Crippen LogP contribution in [-0.2, 0) is 14.3 Å². The average Bonchev–Trinajstić information content (AvgIpc) is 2.12. The van der Waals surface area contributed by atoms with E-state index in [0.29, 0.717) is 13.2 Å². The number of ether oxygens (including phenoxy) is 2. The van der Waals surface area contributed by atoms with Crippen molar-refractivity contribution in [1.82, 2.24) is 0 Å². The van der Waals surface area contributed by atoms with Gasteiger partial charge in [-0.05, 0) is 6.92 Å². The predicted octanol–water partition coefficient (Wildman–Crippen LogP) is 0.728. The van der Waals surface area contributed by atoms with Crippen LogP contribution < -0.4 is 0 Å².